The Hall–Kier alpha value is -0.0800. The van der Waals surface area contributed by atoms with Crippen LogP contribution >= 0.6 is 0 Å². The lowest BCUT2D eigenvalue weighted by molar-refractivity contribution is -0.0560. The van der Waals surface area contributed by atoms with Gasteiger partial charge in [-0.3, -0.25) is 0 Å². The number of hydrogen-bond acceptors (Lipinski definition) is 2. The van der Waals surface area contributed by atoms with Crippen LogP contribution in [0.15, 0.2) is 0 Å². The number of fused-ring (bicyclic) bond motifs is 2. The van der Waals surface area contributed by atoms with Crippen molar-refractivity contribution in [1.29, 1.82) is 0 Å². The van der Waals surface area contributed by atoms with Crippen LogP contribution in [0.2, 0.25) is 0 Å². The molecule has 2 saturated carbocycles. The molecule has 0 aromatic carbocycles. The molecule has 2 aliphatic rings. The van der Waals surface area contributed by atoms with Crippen LogP contribution in [0.1, 0.15) is 32.1 Å². The lowest BCUT2D eigenvalue weighted by Gasteiger charge is -2.39. The number of likely N-dealkylation sites (N-methyl/N-ethyl adjacent to an activating group) is 1. The second kappa shape index (κ2) is 3.00. The van der Waals surface area contributed by atoms with E-state index in [4.69, 9.17) is 0 Å². The summed E-state index contributed by atoms with van der Waals surface area (Å²) in [5, 5.41) is 13.5. The predicted molar refractivity (Wildman–Crippen MR) is 48.9 cm³/mol. The highest BCUT2D eigenvalue weighted by Crippen LogP contribution is 2.49. The first-order valence-electron chi connectivity index (χ1n) is 5.14. The van der Waals surface area contributed by atoms with E-state index in [1.165, 1.54) is 32.1 Å². The lowest BCUT2D eigenvalue weighted by atomic mass is 9.74. The van der Waals surface area contributed by atoms with Crippen molar-refractivity contribution in [2.24, 2.45) is 11.8 Å². The summed E-state index contributed by atoms with van der Waals surface area (Å²) in [6.45, 7) is 0.794. The molecule has 0 amide bonds. The zero-order valence-electron chi connectivity index (χ0n) is 7.84. The highest BCUT2D eigenvalue weighted by molar-refractivity contribution is 5.02. The Balaban J connectivity index is 2.13. The Bertz CT molecular complexity index is 153. The summed E-state index contributed by atoms with van der Waals surface area (Å²) in [6.07, 6.45) is 6.33. The molecule has 0 aromatic rings. The highest BCUT2D eigenvalue weighted by atomic mass is 16.3. The van der Waals surface area contributed by atoms with Gasteiger partial charge in [0.25, 0.3) is 0 Å². The molecule has 2 nitrogen and oxygen atoms in total. The number of nitrogens with one attached hydrogen (secondary N) is 1. The topological polar surface area (TPSA) is 32.3 Å². The molecule has 2 heteroatoms. The minimum Gasteiger partial charge on any atom is -0.388 e. The van der Waals surface area contributed by atoms with Gasteiger partial charge in [-0.05, 0) is 44.6 Å². The number of aliphatic hydroxyl groups is 1. The Morgan fingerprint density at radius 2 is 1.83 bits per heavy atom. The maximum atomic E-state index is 10.4. The van der Waals surface area contributed by atoms with Gasteiger partial charge in [0.15, 0.2) is 0 Å². The van der Waals surface area contributed by atoms with Gasteiger partial charge in [0.1, 0.15) is 0 Å². The molecule has 0 heterocycles. The van der Waals surface area contributed by atoms with Gasteiger partial charge in [0.2, 0.25) is 0 Å². The third kappa shape index (κ3) is 1.09. The number of rotatable bonds is 2. The van der Waals surface area contributed by atoms with Crippen molar-refractivity contribution in [2.45, 2.75) is 37.7 Å². The molecule has 1 unspecified atom stereocenters. The molecule has 2 fully saturated rings. The van der Waals surface area contributed by atoms with Gasteiger partial charge < -0.3 is 10.4 Å². The van der Waals surface area contributed by atoms with Crippen LogP contribution in [0, 0.1) is 11.8 Å². The summed E-state index contributed by atoms with van der Waals surface area (Å²) in [5.74, 6) is 1.17. The second-order valence-corrected chi connectivity index (χ2v) is 4.42. The summed E-state index contributed by atoms with van der Waals surface area (Å²) in [7, 11) is 1.94. The molecule has 0 spiro atoms. The Labute approximate surface area is 74.4 Å². The normalized spacial score (nSPS) is 46.5. The quantitative estimate of drug-likeness (QED) is 0.650. The van der Waals surface area contributed by atoms with Crippen molar-refractivity contribution in [3.05, 3.63) is 0 Å². The van der Waals surface area contributed by atoms with Crippen LogP contribution < -0.4 is 5.32 Å². The van der Waals surface area contributed by atoms with Crippen molar-refractivity contribution >= 4 is 0 Å². The molecule has 0 saturated heterocycles. The fraction of sp³-hybridized carbons (Fsp3) is 1.00. The number of hydrogen-bond donors (Lipinski definition) is 2. The van der Waals surface area contributed by atoms with Crippen LogP contribution in [0.3, 0.4) is 0 Å². The van der Waals surface area contributed by atoms with Crippen LogP contribution in [0.25, 0.3) is 0 Å². The van der Waals surface area contributed by atoms with Crippen molar-refractivity contribution < 1.29 is 5.11 Å². The standard InChI is InChI=1S/C10H19NO/c1-11-7-10(12)8-3-2-4-9(10)6-5-8/h8-9,11-12H,2-7H2,1H3/t8-,9?,10+/m1/s1. The van der Waals surface area contributed by atoms with Gasteiger partial charge in [-0.25, -0.2) is 0 Å². The summed E-state index contributed by atoms with van der Waals surface area (Å²) in [4.78, 5) is 0. The fourth-order valence-electron chi connectivity index (χ4n) is 3.21. The van der Waals surface area contributed by atoms with Crippen molar-refractivity contribution in [2.75, 3.05) is 13.6 Å². The fourth-order valence-corrected chi connectivity index (χ4v) is 3.21. The van der Waals surface area contributed by atoms with E-state index in [0.29, 0.717) is 11.8 Å². The van der Waals surface area contributed by atoms with Gasteiger partial charge >= 0.3 is 0 Å². The van der Waals surface area contributed by atoms with Gasteiger partial charge in [-0.1, -0.05) is 6.42 Å². The SMILES string of the molecule is CNC[C@@]1(O)C2CCC[C@@H]1CC2. The minimum atomic E-state index is -0.354. The van der Waals surface area contributed by atoms with Gasteiger partial charge in [0, 0.05) is 6.54 Å². The van der Waals surface area contributed by atoms with Gasteiger partial charge in [-0.15, -0.1) is 0 Å². The second-order valence-electron chi connectivity index (χ2n) is 4.42. The average Bonchev–Trinajstić information content (AvgIpc) is 2.26. The largest absolute Gasteiger partial charge is 0.388 e. The van der Waals surface area contributed by atoms with Crippen LogP contribution in [0.4, 0.5) is 0 Å². The van der Waals surface area contributed by atoms with E-state index in [2.05, 4.69) is 5.32 Å². The first kappa shape index (κ1) is 8.52. The van der Waals surface area contributed by atoms with Crippen LogP contribution in [0.5, 0.6) is 0 Å². The lowest BCUT2D eigenvalue weighted by Crippen LogP contribution is -2.49. The Morgan fingerprint density at radius 1 is 1.25 bits per heavy atom. The zero-order chi connectivity index (χ0) is 8.60. The van der Waals surface area contributed by atoms with E-state index in [-0.39, 0.29) is 5.60 Å². The molecule has 0 radical (unpaired) electrons. The third-order valence-corrected chi connectivity index (χ3v) is 3.84. The first-order chi connectivity index (χ1) is 5.77. The van der Waals surface area contributed by atoms with Crippen molar-refractivity contribution in [1.82, 2.24) is 5.32 Å². The maximum absolute atomic E-state index is 10.4. The molecule has 3 atom stereocenters. The maximum Gasteiger partial charge on any atom is 0.0827 e. The molecule has 2 rings (SSSR count). The zero-order valence-corrected chi connectivity index (χ0v) is 7.84. The van der Waals surface area contributed by atoms with E-state index < -0.39 is 0 Å². The average molecular weight is 169 g/mol. The third-order valence-electron chi connectivity index (χ3n) is 3.84. The molecule has 0 aromatic heterocycles. The molecular weight excluding hydrogens is 150 g/mol. The Kier molecular flexibility index (Phi) is 2.13. The molecule has 2 bridgehead atoms. The van der Waals surface area contributed by atoms with E-state index in [9.17, 15) is 5.11 Å². The van der Waals surface area contributed by atoms with E-state index in [1.54, 1.807) is 0 Å². The first-order valence-corrected chi connectivity index (χ1v) is 5.14. The summed E-state index contributed by atoms with van der Waals surface area (Å²) < 4.78 is 0. The van der Waals surface area contributed by atoms with Crippen LogP contribution in [-0.2, 0) is 0 Å². The molecule has 12 heavy (non-hydrogen) atoms. The molecule has 2 N–H and O–H groups in total. The van der Waals surface area contributed by atoms with Crippen molar-refractivity contribution in [3.8, 4) is 0 Å². The Morgan fingerprint density at radius 3 is 2.33 bits per heavy atom. The van der Waals surface area contributed by atoms with Crippen molar-refractivity contribution in [3.63, 3.8) is 0 Å². The van der Waals surface area contributed by atoms with E-state index in [1.807, 2.05) is 7.05 Å². The summed E-state index contributed by atoms with van der Waals surface area (Å²) in [6, 6.07) is 0. The van der Waals surface area contributed by atoms with Gasteiger partial charge in [-0.2, -0.15) is 0 Å². The molecule has 2 aliphatic carbocycles. The molecular formula is C10H19NO. The molecule has 0 aliphatic heterocycles. The highest BCUT2D eigenvalue weighted by Gasteiger charge is 2.49. The summed E-state index contributed by atoms with van der Waals surface area (Å²) in [5.41, 5.74) is -0.354. The van der Waals surface area contributed by atoms with Gasteiger partial charge in [0.05, 0.1) is 5.60 Å². The minimum absolute atomic E-state index is 0.354. The van der Waals surface area contributed by atoms with E-state index >= 15 is 0 Å². The monoisotopic (exact) mass is 169 g/mol. The summed E-state index contributed by atoms with van der Waals surface area (Å²) >= 11 is 0. The predicted octanol–water partition coefficient (Wildman–Crippen LogP) is 1.15. The molecule has 70 valence electrons. The smallest absolute Gasteiger partial charge is 0.0827 e. The van der Waals surface area contributed by atoms with E-state index in [0.717, 1.165) is 6.54 Å². The van der Waals surface area contributed by atoms with Crippen LogP contribution in [-0.4, -0.2) is 24.3 Å².